The van der Waals surface area contributed by atoms with Gasteiger partial charge in [0.25, 0.3) is 10.0 Å². The Morgan fingerprint density at radius 2 is 1.69 bits per heavy atom. The summed E-state index contributed by atoms with van der Waals surface area (Å²) in [5.74, 6) is 0. The summed E-state index contributed by atoms with van der Waals surface area (Å²) in [5, 5.41) is 0. The molecule has 0 heterocycles. The minimum absolute atomic E-state index is 0.138. The molecule has 0 aliphatic heterocycles. The van der Waals surface area contributed by atoms with Gasteiger partial charge >= 0.3 is 0 Å². The molecule has 0 N–H and O–H groups in total. The third-order valence-electron chi connectivity index (χ3n) is 2.21. The quantitative estimate of drug-likeness (QED) is 0.751. The lowest BCUT2D eigenvalue weighted by atomic mass is 10.2. The number of hydrogen-bond donors (Lipinski definition) is 0. The van der Waals surface area contributed by atoms with E-state index < -0.39 is 10.0 Å². The van der Waals surface area contributed by atoms with Crippen LogP contribution in [-0.4, -0.2) is 25.2 Å². The van der Waals surface area contributed by atoms with E-state index in [0.717, 1.165) is 9.87 Å². The number of carbonyl (C=O) groups excluding carboxylic acids is 1. The molecule has 1 aromatic carbocycles. The van der Waals surface area contributed by atoms with Gasteiger partial charge in [0.2, 0.25) is 6.41 Å². The topological polar surface area (TPSA) is 54.5 Å². The van der Waals surface area contributed by atoms with E-state index in [-0.39, 0.29) is 10.9 Å². The molecule has 1 aromatic rings. The number of nitrogens with zero attached hydrogens (tertiary/aromatic N) is 1. The molecule has 0 spiro atoms. The van der Waals surface area contributed by atoms with Crippen molar-refractivity contribution in [2.45, 2.75) is 31.7 Å². The molecular formula is C11H15NO3S. The molecule has 0 aromatic heterocycles. The van der Waals surface area contributed by atoms with Crippen LogP contribution in [0, 0.1) is 6.92 Å². The van der Waals surface area contributed by atoms with Crippen LogP contribution >= 0.6 is 0 Å². The molecule has 16 heavy (non-hydrogen) atoms. The number of amides is 1. The van der Waals surface area contributed by atoms with Gasteiger partial charge in [0.05, 0.1) is 4.90 Å². The van der Waals surface area contributed by atoms with E-state index in [2.05, 4.69) is 0 Å². The minimum Gasteiger partial charge on any atom is -0.278 e. The fourth-order valence-electron chi connectivity index (χ4n) is 1.29. The zero-order chi connectivity index (χ0) is 12.3. The molecule has 5 heteroatoms. The Kier molecular flexibility index (Phi) is 3.70. The number of carbonyl (C=O) groups is 1. The summed E-state index contributed by atoms with van der Waals surface area (Å²) in [7, 11) is -3.70. The second-order valence-electron chi connectivity index (χ2n) is 3.85. The maximum Gasteiger partial charge on any atom is 0.266 e. The van der Waals surface area contributed by atoms with E-state index >= 15 is 0 Å². The highest BCUT2D eigenvalue weighted by Gasteiger charge is 2.24. The van der Waals surface area contributed by atoms with Crippen LogP contribution in [0.3, 0.4) is 0 Å². The van der Waals surface area contributed by atoms with Gasteiger partial charge in [0.1, 0.15) is 0 Å². The number of aryl methyl sites for hydroxylation is 1. The van der Waals surface area contributed by atoms with Crippen LogP contribution < -0.4 is 0 Å². The van der Waals surface area contributed by atoms with Gasteiger partial charge in [-0.1, -0.05) is 17.7 Å². The third-order valence-corrected chi connectivity index (χ3v) is 4.14. The Morgan fingerprint density at radius 3 is 2.06 bits per heavy atom. The minimum atomic E-state index is -3.70. The first kappa shape index (κ1) is 12.7. The number of sulfonamides is 1. The summed E-state index contributed by atoms with van der Waals surface area (Å²) < 4.78 is 24.8. The van der Waals surface area contributed by atoms with Gasteiger partial charge in [-0.25, -0.2) is 12.7 Å². The molecule has 0 unspecified atom stereocenters. The summed E-state index contributed by atoms with van der Waals surface area (Å²) in [6.45, 7) is 5.18. The van der Waals surface area contributed by atoms with Crippen molar-refractivity contribution in [2.24, 2.45) is 0 Å². The summed E-state index contributed by atoms with van der Waals surface area (Å²) in [4.78, 5) is 10.9. The summed E-state index contributed by atoms with van der Waals surface area (Å²) >= 11 is 0. The average Bonchev–Trinajstić information content (AvgIpc) is 2.18. The van der Waals surface area contributed by atoms with Crippen molar-refractivity contribution in [3.8, 4) is 0 Å². The van der Waals surface area contributed by atoms with Crippen LogP contribution in [-0.2, 0) is 14.8 Å². The van der Waals surface area contributed by atoms with Gasteiger partial charge in [-0.15, -0.1) is 0 Å². The molecular weight excluding hydrogens is 226 g/mol. The van der Waals surface area contributed by atoms with Crippen molar-refractivity contribution in [1.82, 2.24) is 4.31 Å². The van der Waals surface area contributed by atoms with Gasteiger partial charge in [-0.05, 0) is 32.9 Å². The smallest absolute Gasteiger partial charge is 0.266 e. The second kappa shape index (κ2) is 4.65. The van der Waals surface area contributed by atoms with Crippen LogP contribution in [0.1, 0.15) is 19.4 Å². The Bertz CT molecular complexity index is 463. The Balaban J connectivity index is 3.20. The lowest BCUT2D eigenvalue weighted by molar-refractivity contribution is -0.115. The largest absolute Gasteiger partial charge is 0.278 e. The van der Waals surface area contributed by atoms with Gasteiger partial charge in [0.15, 0.2) is 0 Å². The van der Waals surface area contributed by atoms with Crippen LogP contribution in [0.15, 0.2) is 29.2 Å². The van der Waals surface area contributed by atoms with Gasteiger partial charge in [0, 0.05) is 6.04 Å². The monoisotopic (exact) mass is 241 g/mol. The Hall–Kier alpha value is -1.36. The zero-order valence-electron chi connectivity index (χ0n) is 9.54. The molecule has 0 atom stereocenters. The SMILES string of the molecule is Cc1ccc(S(=O)(=O)N(C=O)C(C)C)cc1. The second-order valence-corrected chi connectivity index (χ2v) is 5.69. The van der Waals surface area contributed by atoms with Crippen molar-refractivity contribution in [3.63, 3.8) is 0 Å². The van der Waals surface area contributed by atoms with E-state index in [4.69, 9.17) is 0 Å². The Labute approximate surface area is 95.9 Å². The van der Waals surface area contributed by atoms with Crippen molar-refractivity contribution < 1.29 is 13.2 Å². The molecule has 0 aliphatic rings. The van der Waals surface area contributed by atoms with E-state index in [1.807, 2.05) is 6.92 Å². The molecule has 0 bridgehead atoms. The molecule has 0 saturated carbocycles. The predicted molar refractivity (Wildman–Crippen MR) is 61.4 cm³/mol. The van der Waals surface area contributed by atoms with Gasteiger partial charge in [-0.2, -0.15) is 0 Å². The summed E-state index contributed by atoms with van der Waals surface area (Å²) in [6, 6.07) is 6.03. The maximum absolute atomic E-state index is 12.0. The summed E-state index contributed by atoms with van der Waals surface area (Å²) in [5.41, 5.74) is 0.973. The molecule has 1 amide bonds. The number of rotatable bonds is 4. The zero-order valence-corrected chi connectivity index (χ0v) is 10.4. The highest BCUT2D eigenvalue weighted by molar-refractivity contribution is 7.89. The fourth-order valence-corrected chi connectivity index (χ4v) is 2.68. The highest BCUT2D eigenvalue weighted by atomic mass is 32.2. The lowest BCUT2D eigenvalue weighted by Crippen LogP contribution is -2.35. The molecule has 0 aliphatic carbocycles. The molecule has 0 radical (unpaired) electrons. The predicted octanol–water partition coefficient (Wildman–Crippen LogP) is 1.55. The van der Waals surface area contributed by atoms with Crippen LogP contribution in [0.25, 0.3) is 0 Å². The van der Waals surface area contributed by atoms with E-state index in [1.165, 1.54) is 12.1 Å². The first-order valence-electron chi connectivity index (χ1n) is 4.95. The van der Waals surface area contributed by atoms with E-state index in [0.29, 0.717) is 6.41 Å². The van der Waals surface area contributed by atoms with Crippen molar-refractivity contribution >= 4 is 16.4 Å². The summed E-state index contributed by atoms with van der Waals surface area (Å²) in [6.07, 6.45) is 0.347. The Morgan fingerprint density at radius 1 is 1.19 bits per heavy atom. The lowest BCUT2D eigenvalue weighted by Gasteiger charge is -2.21. The first-order valence-corrected chi connectivity index (χ1v) is 6.39. The first-order chi connectivity index (χ1) is 7.39. The molecule has 0 fully saturated rings. The standard InChI is InChI=1S/C11H15NO3S/c1-9(2)12(8-13)16(14,15)11-6-4-10(3)5-7-11/h4-9H,1-3H3. The average molecular weight is 241 g/mol. The fraction of sp³-hybridized carbons (Fsp3) is 0.364. The highest BCUT2D eigenvalue weighted by Crippen LogP contribution is 2.16. The maximum atomic E-state index is 12.0. The normalized spacial score (nSPS) is 11.5. The van der Waals surface area contributed by atoms with Gasteiger partial charge in [-0.3, -0.25) is 4.79 Å². The molecule has 1 rings (SSSR count). The van der Waals surface area contributed by atoms with Crippen molar-refractivity contribution in [1.29, 1.82) is 0 Å². The van der Waals surface area contributed by atoms with E-state index in [1.54, 1.807) is 26.0 Å². The molecule has 4 nitrogen and oxygen atoms in total. The van der Waals surface area contributed by atoms with Gasteiger partial charge < -0.3 is 0 Å². The van der Waals surface area contributed by atoms with E-state index in [9.17, 15) is 13.2 Å². The van der Waals surface area contributed by atoms with Crippen molar-refractivity contribution in [3.05, 3.63) is 29.8 Å². The van der Waals surface area contributed by atoms with Crippen molar-refractivity contribution in [2.75, 3.05) is 0 Å². The van der Waals surface area contributed by atoms with Crippen LogP contribution in [0.5, 0.6) is 0 Å². The number of benzene rings is 1. The van der Waals surface area contributed by atoms with Crippen LogP contribution in [0.4, 0.5) is 0 Å². The molecule has 88 valence electrons. The molecule has 0 saturated heterocycles. The number of hydrogen-bond acceptors (Lipinski definition) is 3. The third kappa shape index (κ3) is 2.41. The van der Waals surface area contributed by atoms with Crippen LogP contribution in [0.2, 0.25) is 0 Å².